The van der Waals surface area contributed by atoms with Crippen LogP contribution < -0.4 is 5.56 Å². The predicted octanol–water partition coefficient (Wildman–Crippen LogP) is 2.07. The average molecular weight is 373 g/mol. The minimum atomic E-state index is -3.23. The highest BCUT2D eigenvalue weighted by Gasteiger charge is 2.39. The zero-order valence-corrected chi connectivity index (χ0v) is 15.7. The molecule has 0 N–H and O–H groups in total. The minimum absolute atomic E-state index is 0.00722. The smallest absolute Gasteiger partial charge is 0.250 e. The molecule has 0 spiro atoms. The minimum Gasteiger partial charge on any atom is -0.311 e. The summed E-state index contributed by atoms with van der Waals surface area (Å²) in [7, 11) is -3.23. The van der Waals surface area contributed by atoms with Gasteiger partial charge in [0.2, 0.25) is 10.0 Å². The Morgan fingerprint density at radius 3 is 2.77 bits per heavy atom. The lowest BCUT2D eigenvalue weighted by Crippen LogP contribution is -2.49. The highest BCUT2D eigenvalue weighted by molar-refractivity contribution is 7.89. The van der Waals surface area contributed by atoms with Gasteiger partial charge >= 0.3 is 0 Å². The first-order valence-corrected chi connectivity index (χ1v) is 10.7. The molecule has 2 aromatic heterocycles. The van der Waals surface area contributed by atoms with Crippen molar-refractivity contribution in [2.75, 3.05) is 18.8 Å². The normalized spacial score (nSPS) is 22.8. The van der Waals surface area contributed by atoms with Crippen LogP contribution in [0.4, 0.5) is 0 Å². The van der Waals surface area contributed by atoms with Crippen molar-refractivity contribution in [2.45, 2.75) is 32.2 Å². The summed E-state index contributed by atoms with van der Waals surface area (Å²) in [5, 5.41) is 0. The van der Waals surface area contributed by atoms with Crippen molar-refractivity contribution in [3.8, 4) is 11.1 Å². The number of nitrogens with zero attached hydrogens (tertiary/aromatic N) is 3. The van der Waals surface area contributed by atoms with Crippen LogP contribution in [0.2, 0.25) is 0 Å². The monoisotopic (exact) mass is 373 g/mol. The molecule has 0 unspecified atom stereocenters. The van der Waals surface area contributed by atoms with Crippen LogP contribution >= 0.6 is 0 Å². The molecule has 2 bridgehead atoms. The molecule has 2 aliphatic heterocycles. The van der Waals surface area contributed by atoms with Crippen LogP contribution in [0.5, 0.6) is 0 Å². The van der Waals surface area contributed by atoms with Crippen LogP contribution in [0.1, 0.15) is 31.4 Å². The maximum atomic E-state index is 12.6. The number of rotatable bonds is 4. The van der Waals surface area contributed by atoms with Gasteiger partial charge in [-0.05, 0) is 30.9 Å². The Morgan fingerprint density at radius 1 is 1.19 bits per heavy atom. The van der Waals surface area contributed by atoms with Gasteiger partial charge in [0.15, 0.2) is 0 Å². The van der Waals surface area contributed by atoms with E-state index in [1.165, 1.54) is 0 Å². The van der Waals surface area contributed by atoms with Gasteiger partial charge in [0, 0.05) is 60.8 Å². The molecule has 1 fully saturated rings. The van der Waals surface area contributed by atoms with E-state index in [0.29, 0.717) is 26.1 Å². The van der Waals surface area contributed by atoms with E-state index in [-0.39, 0.29) is 23.1 Å². The van der Waals surface area contributed by atoms with E-state index in [2.05, 4.69) is 4.98 Å². The molecule has 2 aliphatic rings. The van der Waals surface area contributed by atoms with Crippen LogP contribution in [0.3, 0.4) is 0 Å². The predicted molar refractivity (Wildman–Crippen MR) is 100 cm³/mol. The van der Waals surface area contributed by atoms with Gasteiger partial charge in [-0.3, -0.25) is 9.78 Å². The standard InChI is InChI=1S/C19H23N3O3S/c1-2-8-26(24,25)21-11-14-9-16(13-21)19-17(15-4-3-7-20-10-15)5-6-18(23)22(19)12-14/h3-7,10,14,16H,2,8-9,11-13H2,1H3/t14-,16+/m0/s1. The molecule has 7 heteroatoms. The van der Waals surface area contributed by atoms with E-state index in [4.69, 9.17) is 0 Å². The van der Waals surface area contributed by atoms with Crippen molar-refractivity contribution in [1.82, 2.24) is 13.9 Å². The molecule has 0 aliphatic carbocycles. The summed E-state index contributed by atoms with van der Waals surface area (Å²) in [6.45, 7) is 3.44. The molecule has 4 heterocycles. The molecule has 4 rings (SSSR count). The second-order valence-electron chi connectivity index (χ2n) is 7.25. The van der Waals surface area contributed by atoms with Gasteiger partial charge < -0.3 is 4.57 Å². The van der Waals surface area contributed by atoms with Gasteiger partial charge in [-0.25, -0.2) is 12.7 Å². The number of pyridine rings is 2. The Kier molecular flexibility index (Phi) is 4.44. The Morgan fingerprint density at radius 2 is 2.04 bits per heavy atom. The first-order valence-electron chi connectivity index (χ1n) is 9.11. The number of aromatic nitrogens is 2. The van der Waals surface area contributed by atoms with E-state index >= 15 is 0 Å². The van der Waals surface area contributed by atoms with E-state index < -0.39 is 10.0 Å². The average Bonchev–Trinajstić information content (AvgIpc) is 2.63. The molecule has 138 valence electrons. The van der Waals surface area contributed by atoms with E-state index in [1.54, 1.807) is 22.8 Å². The third-order valence-electron chi connectivity index (χ3n) is 5.38. The van der Waals surface area contributed by atoms with E-state index in [9.17, 15) is 13.2 Å². The summed E-state index contributed by atoms with van der Waals surface area (Å²) in [6, 6.07) is 7.32. The lowest BCUT2D eigenvalue weighted by Gasteiger charge is -2.42. The van der Waals surface area contributed by atoms with Crippen LogP contribution in [0, 0.1) is 5.92 Å². The van der Waals surface area contributed by atoms with Crippen LogP contribution in [-0.2, 0) is 16.6 Å². The zero-order chi connectivity index (χ0) is 18.3. The summed E-state index contributed by atoms with van der Waals surface area (Å²) >= 11 is 0. The maximum Gasteiger partial charge on any atom is 0.250 e. The molecular weight excluding hydrogens is 350 g/mol. The lowest BCUT2D eigenvalue weighted by atomic mass is 9.81. The summed E-state index contributed by atoms with van der Waals surface area (Å²) in [6.07, 6.45) is 5.06. The Labute approximate surface area is 153 Å². The van der Waals surface area contributed by atoms with Gasteiger partial charge in [0.05, 0.1) is 5.75 Å². The van der Waals surface area contributed by atoms with Crippen LogP contribution in [0.25, 0.3) is 11.1 Å². The topological polar surface area (TPSA) is 72.3 Å². The van der Waals surface area contributed by atoms with Gasteiger partial charge in [-0.1, -0.05) is 13.0 Å². The summed E-state index contributed by atoms with van der Waals surface area (Å²) in [4.78, 5) is 16.7. The van der Waals surface area contributed by atoms with Crippen molar-refractivity contribution in [3.63, 3.8) is 0 Å². The van der Waals surface area contributed by atoms with E-state index in [1.807, 2.05) is 29.7 Å². The molecule has 0 amide bonds. The van der Waals surface area contributed by atoms with Gasteiger partial charge in [0.25, 0.3) is 5.56 Å². The fourth-order valence-electron chi connectivity index (χ4n) is 4.35. The number of hydrogen-bond donors (Lipinski definition) is 0. The third kappa shape index (κ3) is 2.99. The van der Waals surface area contributed by atoms with Crippen molar-refractivity contribution in [2.24, 2.45) is 5.92 Å². The highest BCUT2D eigenvalue weighted by Crippen LogP contribution is 2.40. The first kappa shape index (κ1) is 17.4. The number of fused-ring (bicyclic) bond motifs is 4. The largest absolute Gasteiger partial charge is 0.311 e. The molecule has 6 nitrogen and oxygen atoms in total. The molecule has 0 aromatic carbocycles. The lowest BCUT2D eigenvalue weighted by molar-refractivity contribution is 0.187. The Hall–Kier alpha value is -1.99. The van der Waals surface area contributed by atoms with Crippen molar-refractivity contribution in [1.29, 1.82) is 0 Å². The van der Waals surface area contributed by atoms with Crippen molar-refractivity contribution < 1.29 is 8.42 Å². The molecule has 2 aromatic rings. The quantitative estimate of drug-likeness (QED) is 0.822. The fraction of sp³-hybridized carbons (Fsp3) is 0.474. The van der Waals surface area contributed by atoms with E-state index in [0.717, 1.165) is 23.2 Å². The second-order valence-corrected chi connectivity index (χ2v) is 9.34. The zero-order valence-electron chi connectivity index (χ0n) is 14.8. The molecule has 0 radical (unpaired) electrons. The SMILES string of the molecule is CCCS(=O)(=O)N1C[C@@H]2C[C@H](C1)c1c(-c3cccnc3)ccc(=O)n1C2. The molecular formula is C19H23N3O3S. The molecule has 1 saturated heterocycles. The van der Waals surface area contributed by atoms with Gasteiger partial charge in [0.1, 0.15) is 0 Å². The number of hydrogen-bond acceptors (Lipinski definition) is 4. The van der Waals surface area contributed by atoms with Crippen molar-refractivity contribution >= 4 is 10.0 Å². The molecule has 0 saturated carbocycles. The molecule has 26 heavy (non-hydrogen) atoms. The maximum absolute atomic E-state index is 12.6. The van der Waals surface area contributed by atoms with Gasteiger partial charge in [-0.2, -0.15) is 0 Å². The summed E-state index contributed by atoms with van der Waals surface area (Å²) in [5.41, 5.74) is 2.89. The number of sulfonamides is 1. The first-order chi connectivity index (χ1) is 12.5. The fourth-order valence-corrected chi connectivity index (χ4v) is 5.97. The number of piperidine rings is 1. The third-order valence-corrected chi connectivity index (χ3v) is 7.39. The summed E-state index contributed by atoms with van der Waals surface area (Å²) < 4.78 is 28.7. The highest BCUT2D eigenvalue weighted by atomic mass is 32.2. The summed E-state index contributed by atoms with van der Waals surface area (Å²) in [5.74, 6) is 0.414. The Balaban J connectivity index is 1.80. The van der Waals surface area contributed by atoms with Crippen molar-refractivity contribution in [3.05, 3.63) is 52.7 Å². The second kappa shape index (κ2) is 6.63. The van der Waals surface area contributed by atoms with Crippen LogP contribution in [0.15, 0.2) is 41.5 Å². The Bertz CT molecular complexity index is 969. The van der Waals surface area contributed by atoms with Gasteiger partial charge in [-0.15, -0.1) is 0 Å². The molecule has 2 atom stereocenters. The van der Waals surface area contributed by atoms with Crippen LogP contribution in [-0.4, -0.2) is 41.1 Å².